The van der Waals surface area contributed by atoms with Crippen LogP contribution in [0.4, 0.5) is 0 Å². The van der Waals surface area contributed by atoms with Gasteiger partial charge in [0.1, 0.15) is 11.9 Å². The van der Waals surface area contributed by atoms with Gasteiger partial charge < -0.3 is 10.1 Å². The molecule has 1 saturated heterocycles. The van der Waals surface area contributed by atoms with Gasteiger partial charge in [0.05, 0.1) is 11.5 Å². The molecule has 0 radical (unpaired) electrons. The Bertz CT molecular complexity index is 530. The average molecular weight is 290 g/mol. The van der Waals surface area contributed by atoms with Crippen molar-refractivity contribution in [3.63, 3.8) is 0 Å². The molecule has 0 amide bonds. The van der Waals surface area contributed by atoms with E-state index in [1.54, 1.807) is 12.1 Å². The Balaban J connectivity index is 2.17. The van der Waals surface area contributed by atoms with E-state index in [0.717, 1.165) is 5.56 Å². The lowest BCUT2D eigenvalue weighted by atomic mass is 10.2. The Morgan fingerprint density at radius 1 is 1.50 bits per heavy atom. The molecule has 4 nitrogen and oxygen atoms in total. The zero-order chi connectivity index (χ0) is 13.2. The lowest BCUT2D eigenvalue weighted by Gasteiger charge is -2.16. The molecule has 18 heavy (non-hydrogen) atoms. The summed E-state index contributed by atoms with van der Waals surface area (Å²) in [4.78, 5) is 0. The van der Waals surface area contributed by atoms with Gasteiger partial charge >= 0.3 is 0 Å². The second kappa shape index (κ2) is 5.47. The molecule has 0 spiro atoms. The van der Waals surface area contributed by atoms with Crippen LogP contribution >= 0.6 is 11.6 Å². The molecule has 1 aliphatic heterocycles. The summed E-state index contributed by atoms with van der Waals surface area (Å²) in [6.45, 7) is 0.592. The zero-order valence-electron chi connectivity index (χ0n) is 10.1. The van der Waals surface area contributed by atoms with Crippen molar-refractivity contribution in [3.05, 3.63) is 28.8 Å². The van der Waals surface area contributed by atoms with Crippen molar-refractivity contribution in [2.24, 2.45) is 0 Å². The van der Waals surface area contributed by atoms with E-state index in [4.69, 9.17) is 16.3 Å². The third-order valence-corrected chi connectivity index (χ3v) is 5.01. The van der Waals surface area contributed by atoms with Crippen LogP contribution in [0.1, 0.15) is 12.0 Å². The Hall–Kier alpha value is -0.780. The van der Waals surface area contributed by atoms with Crippen molar-refractivity contribution in [2.75, 3.05) is 18.6 Å². The molecule has 1 heterocycles. The van der Waals surface area contributed by atoms with Crippen molar-refractivity contribution in [1.29, 1.82) is 0 Å². The van der Waals surface area contributed by atoms with Gasteiger partial charge in [0.2, 0.25) is 0 Å². The largest absolute Gasteiger partial charge is 0.489 e. The van der Waals surface area contributed by atoms with Gasteiger partial charge in [-0.3, -0.25) is 0 Å². The molecule has 1 N–H and O–H groups in total. The molecule has 1 aliphatic rings. The van der Waals surface area contributed by atoms with E-state index in [1.165, 1.54) is 0 Å². The maximum atomic E-state index is 11.4. The summed E-state index contributed by atoms with van der Waals surface area (Å²) in [5.74, 6) is 0.969. The van der Waals surface area contributed by atoms with E-state index < -0.39 is 9.84 Å². The minimum Gasteiger partial charge on any atom is -0.489 e. The summed E-state index contributed by atoms with van der Waals surface area (Å²) in [6.07, 6.45) is 0.289. The minimum absolute atomic E-state index is 0.0957. The first kappa shape index (κ1) is 13.6. The lowest BCUT2D eigenvalue weighted by Crippen LogP contribution is -2.19. The van der Waals surface area contributed by atoms with Crippen LogP contribution in [0.3, 0.4) is 0 Å². The van der Waals surface area contributed by atoms with Gasteiger partial charge in [-0.05, 0) is 25.6 Å². The molecule has 0 aromatic heterocycles. The summed E-state index contributed by atoms with van der Waals surface area (Å²) in [5.41, 5.74) is 0.867. The predicted octanol–water partition coefficient (Wildman–Crippen LogP) is 1.63. The molecule has 0 saturated carbocycles. The third kappa shape index (κ3) is 3.16. The number of rotatable bonds is 4. The third-order valence-electron chi connectivity index (χ3n) is 2.91. The number of benzene rings is 1. The van der Waals surface area contributed by atoms with Crippen LogP contribution in [-0.4, -0.2) is 33.1 Å². The van der Waals surface area contributed by atoms with Gasteiger partial charge in [-0.25, -0.2) is 8.42 Å². The van der Waals surface area contributed by atoms with Gasteiger partial charge in [0.25, 0.3) is 0 Å². The fourth-order valence-electron chi connectivity index (χ4n) is 2.03. The number of hydrogen-bond donors (Lipinski definition) is 1. The molecule has 0 aliphatic carbocycles. The van der Waals surface area contributed by atoms with Crippen LogP contribution in [-0.2, 0) is 16.4 Å². The van der Waals surface area contributed by atoms with Crippen molar-refractivity contribution >= 4 is 21.4 Å². The summed E-state index contributed by atoms with van der Waals surface area (Å²) < 4.78 is 28.6. The first-order chi connectivity index (χ1) is 8.52. The molecular weight excluding hydrogens is 274 g/mol. The van der Waals surface area contributed by atoms with Crippen molar-refractivity contribution in [1.82, 2.24) is 5.32 Å². The van der Waals surface area contributed by atoms with E-state index in [2.05, 4.69) is 5.32 Å². The molecule has 1 fully saturated rings. The predicted molar refractivity (Wildman–Crippen MR) is 71.9 cm³/mol. The fraction of sp³-hybridized carbons (Fsp3) is 0.500. The van der Waals surface area contributed by atoms with E-state index in [9.17, 15) is 8.42 Å². The Kier molecular flexibility index (Phi) is 4.14. The summed E-state index contributed by atoms with van der Waals surface area (Å²) in [6, 6.07) is 5.43. The highest BCUT2D eigenvalue weighted by atomic mass is 35.5. The van der Waals surface area contributed by atoms with Gasteiger partial charge in [-0.1, -0.05) is 17.7 Å². The molecule has 6 heteroatoms. The van der Waals surface area contributed by atoms with Crippen molar-refractivity contribution in [2.45, 2.75) is 19.1 Å². The number of sulfone groups is 1. The average Bonchev–Trinajstić information content (AvgIpc) is 2.63. The molecule has 100 valence electrons. The first-order valence-corrected chi connectivity index (χ1v) is 8.01. The topological polar surface area (TPSA) is 55.4 Å². The number of halogens is 1. The van der Waals surface area contributed by atoms with Crippen LogP contribution in [0.15, 0.2) is 18.2 Å². The quantitative estimate of drug-likeness (QED) is 0.915. The standard InChI is InChI=1S/C12H16ClNO3S/c1-14-7-10-11(13)3-2-4-12(10)17-9-5-6-18(15,16)8-9/h2-4,9,14H,5-8H2,1H3. The Morgan fingerprint density at radius 3 is 2.89 bits per heavy atom. The van der Waals surface area contributed by atoms with Crippen LogP contribution in [0.25, 0.3) is 0 Å². The van der Waals surface area contributed by atoms with Gasteiger partial charge in [-0.15, -0.1) is 0 Å². The highest BCUT2D eigenvalue weighted by Crippen LogP contribution is 2.29. The van der Waals surface area contributed by atoms with E-state index >= 15 is 0 Å². The minimum atomic E-state index is -2.92. The first-order valence-electron chi connectivity index (χ1n) is 5.81. The molecule has 1 aromatic rings. The smallest absolute Gasteiger partial charge is 0.154 e. The molecule has 1 atom stereocenters. The van der Waals surface area contributed by atoms with Crippen LogP contribution in [0, 0.1) is 0 Å². The molecular formula is C12H16ClNO3S. The lowest BCUT2D eigenvalue weighted by molar-refractivity contribution is 0.226. The second-order valence-corrected chi connectivity index (χ2v) is 7.03. The van der Waals surface area contributed by atoms with Crippen LogP contribution in [0.5, 0.6) is 5.75 Å². The summed E-state index contributed by atoms with van der Waals surface area (Å²) in [5, 5.41) is 3.65. The normalized spacial score (nSPS) is 22.0. The Morgan fingerprint density at radius 2 is 2.28 bits per heavy atom. The maximum Gasteiger partial charge on any atom is 0.154 e. The van der Waals surface area contributed by atoms with Crippen molar-refractivity contribution in [3.8, 4) is 5.75 Å². The zero-order valence-corrected chi connectivity index (χ0v) is 11.7. The number of ether oxygens (including phenoxy) is 1. The molecule has 2 rings (SSSR count). The van der Waals surface area contributed by atoms with Gasteiger partial charge in [0.15, 0.2) is 9.84 Å². The SMILES string of the molecule is CNCc1c(Cl)cccc1OC1CCS(=O)(=O)C1. The van der Waals surface area contributed by atoms with E-state index in [1.807, 2.05) is 13.1 Å². The monoisotopic (exact) mass is 289 g/mol. The van der Waals surface area contributed by atoms with E-state index in [0.29, 0.717) is 23.7 Å². The Labute approximate surface area is 112 Å². The fourth-order valence-corrected chi connectivity index (χ4v) is 3.85. The molecule has 0 bridgehead atoms. The van der Waals surface area contributed by atoms with E-state index in [-0.39, 0.29) is 17.6 Å². The molecule has 1 unspecified atom stereocenters. The van der Waals surface area contributed by atoms with Crippen molar-refractivity contribution < 1.29 is 13.2 Å². The highest BCUT2D eigenvalue weighted by molar-refractivity contribution is 7.91. The second-order valence-electron chi connectivity index (χ2n) is 4.39. The van der Waals surface area contributed by atoms with Crippen LogP contribution < -0.4 is 10.1 Å². The summed E-state index contributed by atoms with van der Waals surface area (Å²) in [7, 11) is -1.10. The summed E-state index contributed by atoms with van der Waals surface area (Å²) >= 11 is 6.11. The maximum absolute atomic E-state index is 11.4. The van der Waals surface area contributed by atoms with Gasteiger partial charge in [0, 0.05) is 17.1 Å². The highest BCUT2D eigenvalue weighted by Gasteiger charge is 2.29. The van der Waals surface area contributed by atoms with Gasteiger partial charge in [-0.2, -0.15) is 0 Å². The number of hydrogen-bond acceptors (Lipinski definition) is 4. The molecule has 1 aromatic carbocycles. The van der Waals surface area contributed by atoms with Crippen LogP contribution in [0.2, 0.25) is 5.02 Å². The number of nitrogens with one attached hydrogen (secondary N) is 1.